The molecular formula is C22H35N3O3. The van der Waals surface area contributed by atoms with Gasteiger partial charge in [0, 0.05) is 12.6 Å². The Kier molecular flexibility index (Phi) is 9.28. The third kappa shape index (κ3) is 7.50. The molecule has 1 aromatic rings. The number of carbonyl (C=O) groups is 2. The summed E-state index contributed by atoms with van der Waals surface area (Å²) in [5, 5.41) is 5.83. The Balaban J connectivity index is 1.84. The third-order valence-electron chi connectivity index (χ3n) is 5.35. The molecule has 1 aromatic carbocycles. The molecule has 2 rings (SSSR count). The van der Waals surface area contributed by atoms with Crippen LogP contribution >= 0.6 is 0 Å². The van der Waals surface area contributed by atoms with Crippen LogP contribution in [-0.2, 0) is 16.1 Å². The Bertz CT molecular complexity index is 602. The van der Waals surface area contributed by atoms with Crippen molar-refractivity contribution in [3.63, 3.8) is 0 Å². The van der Waals surface area contributed by atoms with E-state index in [1.54, 1.807) is 0 Å². The Morgan fingerprint density at radius 2 is 1.75 bits per heavy atom. The maximum absolute atomic E-state index is 12.8. The van der Waals surface area contributed by atoms with E-state index in [0.717, 1.165) is 31.6 Å². The Morgan fingerprint density at radius 1 is 1.07 bits per heavy atom. The number of ether oxygens (including phenoxy) is 1. The van der Waals surface area contributed by atoms with Crippen LogP contribution in [0.15, 0.2) is 30.3 Å². The molecule has 3 atom stereocenters. The van der Waals surface area contributed by atoms with Crippen LogP contribution in [-0.4, -0.2) is 48.6 Å². The molecular weight excluding hydrogens is 354 g/mol. The highest BCUT2D eigenvalue weighted by molar-refractivity contribution is 5.86. The minimum Gasteiger partial charge on any atom is -0.445 e. The lowest BCUT2D eigenvalue weighted by atomic mass is 9.98. The van der Waals surface area contributed by atoms with Gasteiger partial charge >= 0.3 is 6.09 Å². The number of rotatable bonds is 9. The van der Waals surface area contributed by atoms with Gasteiger partial charge in [-0.1, -0.05) is 57.0 Å². The number of amides is 2. The van der Waals surface area contributed by atoms with Crippen LogP contribution in [0.25, 0.3) is 0 Å². The quantitative estimate of drug-likeness (QED) is 0.680. The van der Waals surface area contributed by atoms with Gasteiger partial charge < -0.3 is 20.3 Å². The van der Waals surface area contributed by atoms with Gasteiger partial charge in [0.15, 0.2) is 0 Å². The van der Waals surface area contributed by atoms with E-state index in [1.165, 1.54) is 19.3 Å². The maximum atomic E-state index is 12.8. The molecule has 0 saturated carbocycles. The first-order valence-electron chi connectivity index (χ1n) is 10.5. The summed E-state index contributed by atoms with van der Waals surface area (Å²) in [5.41, 5.74) is 0.914. The minimum atomic E-state index is -0.600. The number of carbonyl (C=O) groups excluding carboxylic acids is 2. The van der Waals surface area contributed by atoms with Crippen LogP contribution in [0, 0.1) is 5.92 Å². The fourth-order valence-corrected chi connectivity index (χ4v) is 3.50. The zero-order valence-electron chi connectivity index (χ0n) is 17.4. The summed E-state index contributed by atoms with van der Waals surface area (Å²) in [4.78, 5) is 27.4. The number of nitrogens with one attached hydrogen (secondary N) is 2. The van der Waals surface area contributed by atoms with Gasteiger partial charge in [0.05, 0.1) is 0 Å². The van der Waals surface area contributed by atoms with Gasteiger partial charge in [-0.05, 0) is 44.3 Å². The van der Waals surface area contributed by atoms with Gasteiger partial charge in [-0.2, -0.15) is 0 Å². The number of likely N-dealkylation sites (tertiary alicyclic amines) is 1. The molecule has 1 unspecified atom stereocenters. The summed E-state index contributed by atoms with van der Waals surface area (Å²) >= 11 is 0. The van der Waals surface area contributed by atoms with E-state index < -0.39 is 12.1 Å². The second-order valence-electron chi connectivity index (χ2n) is 7.84. The number of hydrogen-bond acceptors (Lipinski definition) is 4. The maximum Gasteiger partial charge on any atom is 0.408 e. The molecule has 2 N–H and O–H groups in total. The van der Waals surface area contributed by atoms with Crippen molar-refractivity contribution in [2.24, 2.45) is 5.92 Å². The van der Waals surface area contributed by atoms with E-state index in [-0.39, 0.29) is 24.5 Å². The lowest BCUT2D eigenvalue weighted by molar-refractivity contribution is -0.125. The van der Waals surface area contributed by atoms with Crippen LogP contribution in [0.1, 0.15) is 52.0 Å². The molecule has 28 heavy (non-hydrogen) atoms. The van der Waals surface area contributed by atoms with Crippen LogP contribution in [0.3, 0.4) is 0 Å². The minimum absolute atomic E-state index is 0.0199. The average Bonchev–Trinajstić information content (AvgIpc) is 2.71. The Labute approximate surface area is 169 Å². The van der Waals surface area contributed by atoms with Crippen LogP contribution in [0.4, 0.5) is 4.79 Å². The predicted octanol–water partition coefficient (Wildman–Crippen LogP) is 3.32. The van der Waals surface area contributed by atoms with E-state index in [2.05, 4.69) is 15.5 Å². The van der Waals surface area contributed by atoms with Crippen molar-refractivity contribution in [1.29, 1.82) is 0 Å². The molecule has 1 aliphatic rings. The first-order chi connectivity index (χ1) is 13.5. The number of nitrogens with zero attached hydrogens (tertiary/aromatic N) is 1. The van der Waals surface area contributed by atoms with Crippen LogP contribution in [0.5, 0.6) is 0 Å². The van der Waals surface area contributed by atoms with Crippen molar-refractivity contribution in [3.8, 4) is 0 Å². The molecule has 2 amide bonds. The summed E-state index contributed by atoms with van der Waals surface area (Å²) < 4.78 is 5.29. The van der Waals surface area contributed by atoms with E-state index in [4.69, 9.17) is 4.74 Å². The van der Waals surface area contributed by atoms with Crippen molar-refractivity contribution < 1.29 is 14.3 Å². The highest BCUT2D eigenvalue weighted by atomic mass is 16.5. The van der Waals surface area contributed by atoms with Gasteiger partial charge in [-0.3, -0.25) is 4.79 Å². The first-order valence-corrected chi connectivity index (χ1v) is 10.5. The monoisotopic (exact) mass is 389 g/mol. The molecule has 1 heterocycles. The van der Waals surface area contributed by atoms with E-state index in [1.807, 2.05) is 51.1 Å². The second kappa shape index (κ2) is 11.7. The fourth-order valence-electron chi connectivity index (χ4n) is 3.50. The fraction of sp³-hybridized carbons (Fsp3) is 0.636. The zero-order chi connectivity index (χ0) is 20.4. The molecule has 0 spiro atoms. The van der Waals surface area contributed by atoms with Crippen molar-refractivity contribution in [2.75, 3.05) is 19.6 Å². The molecule has 0 aliphatic carbocycles. The van der Waals surface area contributed by atoms with E-state index in [9.17, 15) is 9.59 Å². The molecule has 0 radical (unpaired) electrons. The van der Waals surface area contributed by atoms with Crippen molar-refractivity contribution in [1.82, 2.24) is 15.5 Å². The Morgan fingerprint density at radius 3 is 2.39 bits per heavy atom. The lowest BCUT2D eigenvalue weighted by Gasteiger charge is -2.30. The Hall–Kier alpha value is -2.08. The molecule has 1 saturated heterocycles. The number of hydrogen-bond donors (Lipinski definition) is 2. The lowest BCUT2D eigenvalue weighted by Crippen LogP contribution is -2.54. The molecule has 6 heteroatoms. The largest absolute Gasteiger partial charge is 0.445 e. The summed E-state index contributed by atoms with van der Waals surface area (Å²) in [6, 6.07) is 8.95. The van der Waals surface area contributed by atoms with Crippen molar-refractivity contribution >= 4 is 12.0 Å². The second-order valence-corrected chi connectivity index (χ2v) is 7.84. The van der Waals surface area contributed by atoms with E-state index in [0.29, 0.717) is 0 Å². The van der Waals surface area contributed by atoms with Gasteiger partial charge in [-0.25, -0.2) is 4.79 Å². The van der Waals surface area contributed by atoms with Gasteiger partial charge in [0.2, 0.25) is 5.91 Å². The summed E-state index contributed by atoms with van der Waals surface area (Å²) in [6.07, 6.45) is 3.98. The van der Waals surface area contributed by atoms with Crippen LogP contribution in [0.2, 0.25) is 0 Å². The predicted molar refractivity (Wildman–Crippen MR) is 111 cm³/mol. The van der Waals surface area contributed by atoms with Gasteiger partial charge in [-0.15, -0.1) is 0 Å². The number of piperidine rings is 1. The molecule has 156 valence electrons. The average molecular weight is 390 g/mol. The van der Waals surface area contributed by atoms with Crippen molar-refractivity contribution in [2.45, 2.75) is 65.1 Å². The smallest absolute Gasteiger partial charge is 0.408 e. The number of alkyl carbamates (subject to hydrolysis) is 1. The standard InChI is InChI=1S/C22H35N3O3/c1-4-17(2)20(24-22(27)28-16-19-11-7-5-8-12-19)21(26)23-18(3)15-25-13-9-6-10-14-25/h5,7-8,11-12,17-18,20H,4,6,9-10,13-16H2,1-3H3,(H,23,26)(H,24,27)/t17-,18?,20-/m0/s1. The zero-order valence-corrected chi connectivity index (χ0v) is 17.4. The molecule has 0 bridgehead atoms. The molecule has 0 aromatic heterocycles. The van der Waals surface area contributed by atoms with Gasteiger partial charge in [0.25, 0.3) is 0 Å². The SMILES string of the molecule is CC[C@H](C)[C@H](NC(=O)OCc1ccccc1)C(=O)NC(C)CN1CCCCC1. The highest BCUT2D eigenvalue weighted by Crippen LogP contribution is 2.11. The summed E-state index contributed by atoms with van der Waals surface area (Å²) in [6.45, 7) is 9.23. The van der Waals surface area contributed by atoms with Gasteiger partial charge in [0.1, 0.15) is 12.6 Å². The third-order valence-corrected chi connectivity index (χ3v) is 5.35. The highest BCUT2D eigenvalue weighted by Gasteiger charge is 2.28. The van der Waals surface area contributed by atoms with Crippen molar-refractivity contribution in [3.05, 3.63) is 35.9 Å². The topological polar surface area (TPSA) is 70.7 Å². The first kappa shape index (κ1) is 22.2. The molecule has 1 aliphatic heterocycles. The number of benzene rings is 1. The molecule has 6 nitrogen and oxygen atoms in total. The summed E-state index contributed by atoms with van der Waals surface area (Å²) in [7, 11) is 0. The summed E-state index contributed by atoms with van der Waals surface area (Å²) in [5.74, 6) is -0.123. The molecule has 1 fully saturated rings. The van der Waals surface area contributed by atoms with E-state index >= 15 is 0 Å². The van der Waals surface area contributed by atoms with Crippen LogP contribution < -0.4 is 10.6 Å². The normalized spacial score (nSPS) is 18.0.